The van der Waals surface area contributed by atoms with Gasteiger partial charge >= 0.3 is 0 Å². The highest BCUT2D eigenvalue weighted by molar-refractivity contribution is 7.98. The van der Waals surface area contributed by atoms with Gasteiger partial charge in [0.2, 0.25) is 5.91 Å². The van der Waals surface area contributed by atoms with Gasteiger partial charge in [-0.2, -0.15) is 5.10 Å². The van der Waals surface area contributed by atoms with Crippen molar-refractivity contribution in [1.82, 2.24) is 9.78 Å². The number of methoxy groups -OCH3 is 1. The summed E-state index contributed by atoms with van der Waals surface area (Å²) in [5.74, 6) is 0.425. The topological polar surface area (TPSA) is 73.2 Å². The second kappa shape index (κ2) is 8.55. The summed E-state index contributed by atoms with van der Waals surface area (Å²) < 4.78 is 6.30. The SMILES string of the molecule is COc1ccc(-c2ccc(=O)n(CC(=O)Nc3cccc(SC)c3)n2)cc1. The number of thioether (sulfide) groups is 1. The number of nitrogens with one attached hydrogen (secondary N) is 1. The van der Waals surface area contributed by atoms with Crippen LogP contribution in [-0.2, 0) is 11.3 Å². The van der Waals surface area contributed by atoms with E-state index in [1.165, 1.54) is 6.07 Å². The summed E-state index contributed by atoms with van der Waals surface area (Å²) in [5, 5.41) is 7.11. The van der Waals surface area contributed by atoms with Gasteiger partial charge in [0.1, 0.15) is 12.3 Å². The van der Waals surface area contributed by atoms with Crippen LogP contribution in [0.1, 0.15) is 0 Å². The fourth-order valence-corrected chi connectivity index (χ4v) is 2.97. The highest BCUT2D eigenvalue weighted by Crippen LogP contribution is 2.20. The van der Waals surface area contributed by atoms with Crippen LogP contribution in [0, 0.1) is 0 Å². The second-order valence-corrected chi connectivity index (χ2v) is 6.60. The first kappa shape index (κ1) is 18.7. The Kier molecular flexibility index (Phi) is 5.93. The van der Waals surface area contributed by atoms with E-state index in [1.54, 1.807) is 24.9 Å². The van der Waals surface area contributed by atoms with Crippen LogP contribution < -0.4 is 15.6 Å². The van der Waals surface area contributed by atoms with Crippen molar-refractivity contribution in [3.05, 3.63) is 71.0 Å². The van der Waals surface area contributed by atoms with E-state index < -0.39 is 0 Å². The molecular weight excluding hydrogens is 362 g/mol. The van der Waals surface area contributed by atoms with Crippen LogP contribution in [0.4, 0.5) is 5.69 Å². The average molecular weight is 381 g/mol. The lowest BCUT2D eigenvalue weighted by Gasteiger charge is -2.09. The summed E-state index contributed by atoms with van der Waals surface area (Å²) in [7, 11) is 1.60. The minimum absolute atomic E-state index is 0.160. The van der Waals surface area contributed by atoms with Crippen LogP contribution in [0.5, 0.6) is 5.75 Å². The third-order valence-electron chi connectivity index (χ3n) is 3.90. The number of hydrogen-bond donors (Lipinski definition) is 1. The van der Waals surface area contributed by atoms with Gasteiger partial charge in [0.25, 0.3) is 5.56 Å². The molecule has 1 heterocycles. The minimum Gasteiger partial charge on any atom is -0.497 e. The predicted molar refractivity (Wildman–Crippen MR) is 107 cm³/mol. The van der Waals surface area contributed by atoms with Crippen LogP contribution in [0.2, 0.25) is 0 Å². The van der Waals surface area contributed by atoms with Crippen molar-refractivity contribution in [2.24, 2.45) is 0 Å². The summed E-state index contributed by atoms with van der Waals surface area (Å²) in [6.07, 6.45) is 1.97. The number of amides is 1. The van der Waals surface area contributed by atoms with Crippen molar-refractivity contribution in [1.29, 1.82) is 0 Å². The molecule has 0 bridgehead atoms. The van der Waals surface area contributed by atoms with Crippen LogP contribution in [0.15, 0.2) is 70.4 Å². The first-order valence-electron chi connectivity index (χ1n) is 8.25. The van der Waals surface area contributed by atoms with Gasteiger partial charge in [0.15, 0.2) is 0 Å². The number of aromatic nitrogens is 2. The van der Waals surface area contributed by atoms with Gasteiger partial charge in [0.05, 0.1) is 12.8 Å². The van der Waals surface area contributed by atoms with E-state index >= 15 is 0 Å². The van der Waals surface area contributed by atoms with Crippen molar-refractivity contribution >= 4 is 23.4 Å². The maximum absolute atomic E-state index is 12.3. The zero-order valence-electron chi connectivity index (χ0n) is 15.0. The summed E-state index contributed by atoms with van der Waals surface area (Å²) in [4.78, 5) is 25.5. The Balaban J connectivity index is 1.77. The van der Waals surface area contributed by atoms with E-state index in [0.29, 0.717) is 11.4 Å². The quantitative estimate of drug-likeness (QED) is 0.664. The van der Waals surface area contributed by atoms with Gasteiger partial charge in [-0.15, -0.1) is 11.8 Å². The molecule has 0 spiro atoms. The van der Waals surface area contributed by atoms with Gasteiger partial charge < -0.3 is 10.1 Å². The molecule has 6 nitrogen and oxygen atoms in total. The second-order valence-electron chi connectivity index (χ2n) is 5.72. The number of carbonyl (C=O) groups excluding carboxylic acids is 1. The Morgan fingerprint density at radius 1 is 1.15 bits per heavy atom. The van der Waals surface area contributed by atoms with E-state index in [-0.39, 0.29) is 18.0 Å². The summed E-state index contributed by atoms with van der Waals surface area (Å²) in [6.45, 7) is -0.160. The first-order chi connectivity index (χ1) is 13.1. The molecular formula is C20H19N3O3S. The van der Waals surface area contributed by atoms with E-state index in [2.05, 4.69) is 10.4 Å². The van der Waals surface area contributed by atoms with Crippen molar-refractivity contribution < 1.29 is 9.53 Å². The van der Waals surface area contributed by atoms with Crippen molar-refractivity contribution in [3.8, 4) is 17.0 Å². The zero-order chi connectivity index (χ0) is 19.2. The Labute approximate surface area is 161 Å². The fraction of sp³-hybridized carbons (Fsp3) is 0.150. The van der Waals surface area contributed by atoms with Gasteiger partial charge in [-0.1, -0.05) is 6.07 Å². The molecule has 0 fully saturated rings. The fourth-order valence-electron chi connectivity index (χ4n) is 2.52. The van der Waals surface area contributed by atoms with E-state index in [9.17, 15) is 9.59 Å². The van der Waals surface area contributed by atoms with Gasteiger partial charge in [0, 0.05) is 22.2 Å². The molecule has 3 aromatic rings. The molecule has 0 saturated carbocycles. The predicted octanol–water partition coefficient (Wildman–Crippen LogP) is 3.28. The van der Waals surface area contributed by atoms with Gasteiger partial charge in [-0.05, 0) is 54.8 Å². The highest BCUT2D eigenvalue weighted by atomic mass is 32.2. The third kappa shape index (κ3) is 4.77. The molecule has 1 N–H and O–H groups in total. The van der Waals surface area contributed by atoms with E-state index in [1.807, 2.05) is 54.8 Å². The number of rotatable bonds is 6. The molecule has 0 aliphatic carbocycles. The lowest BCUT2D eigenvalue weighted by atomic mass is 10.1. The number of hydrogen-bond acceptors (Lipinski definition) is 5. The molecule has 7 heteroatoms. The van der Waals surface area contributed by atoms with Crippen LogP contribution in [0.25, 0.3) is 11.3 Å². The standard InChI is InChI=1S/C20H19N3O3S/c1-26-16-8-6-14(7-9-16)18-10-11-20(25)23(22-18)13-19(24)21-15-4-3-5-17(12-15)27-2/h3-12H,13H2,1-2H3,(H,21,24). The van der Waals surface area contributed by atoms with Crippen molar-refractivity contribution in [2.45, 2.75) is 11.4 Å². The number of ether oxygens (including phenoxy) is 1. The number of anilines is 1. The normalized spacial score (nSPS) is 10.4. The number of carbonyl (C=O) groups is 1. The molecule has 2 aromatic carbocycles. The monoisotopic (exact) mass is 381 g/mol. The van der Waals surface area contributed by atoms with Crippen LogP contribution >= 0.6 is 11.8 Å². The van der Waals surface area contributed by atoms with Crippen LogP contribution in [0.3, 0.4) is 0 Å². The van der Waals surface area contributed by atoms with Crippen LogP contribution in [-0.4, -0.2) is 29.1 Å². The summed E-state index contributed by atoms with van der Waals surface area (Å²) >= 11 is 1.59. The highest BCUT2D eigenvalue weighted by Gasteiger charge is 2.09. The first-order valence-corrected chi connectivity index (χ1v) is 9.48. The molecule has 3 rings (SSSR count). The number of nitrogens with zero attached hydrogens (tertiary/aromatic N) is 2. The Bertz CT molecular complexity index is 1000. The smallest absolute Gasteiger partial charge is 0.267 e. The lowest BCUT2D eigenvalue weighted by Crippen LogP contribution is -2.29. The Hall–Kier alpha value is -3.06. The number of benzene rings is 2. The van der Waals surface area contributed by atoms with E-state index in [0.717, 1.165) is 20.9 Å². The van der Waals surface area contributed by atoms with Crippen molar-refractivity contribution in [3.63, 3.8) is 0 Å². The molecule has 0 saturated heterocycles. The molecule has 27 heavy (non-hydrogen) atoms. The lowest BCUT2D eigenvalue weighted by molar-refractivity contribution is -0.117. The summed E-state index contributed by atoms with van der Waals surface area (Å²) in [5.41, 5.74) is 1.79. The van der Waals surface area contributed by atoms with E-state index in [4.69, 9.17) is 4.74 Å². The molecule has 0 unspecified atom stereocenters. The molecule has 0 aliphatic heterocycles. The third-order valence-corrected chi connectivity index (χ3v) is 4.62. The maximum atomic E-state index is 12.3. The minimum atomic E-state index is -0.333. The average Bonchev–Trinajstić information content (AvgIpc) is 2.70. The Morgan fingerprint density at radius 2 is 1.93 bits per heavy atom. The van der Waals surface area contributed by atoms with Crippen molar-refractivity contribution in [2.75, 3.05) is 18.7 Å². The Morgan fingerprint density at radius 3 is 2.63 bits per heavy atom. The molecule has 0 atom stereocenters. The summed E-state index contributed by atoms with van der Waals surface area (Å²) in [6, 6.07) is 17.9. The molecule has 0 aliphatic rings. The largest absolute Gasteiger partial charge is 0.497 e. The zero-order valence-corrected chi connectivity index (χ0v) is 15.8. The van der Waals surface area contributed by atoms with Gasteiger partial charge in [-0.3, -0.25) is 9.59 Å². The maximum Gasteiger partial charge on any atom is 0.267 e. The molecule has 1 amide bonds. The molecule has 138 valence electrons. The van der Waals surface area contributed by atoms with Gasteiger partial charge in [-0.25, -0.2) is 4.68 Å². The molecule has 0 radical (unpaired) electrons. The molecule has 1 aromatic heterocycles.